The quantitative estimate of drug-likeness (QED) is 0.327. The van der Waals surface area contributed by atoms with E-state index in [4.69, 9.17) is 14.8 Å². The first-order valence-electron chi connectivity index (χ1n) is 4.88. The van der Waals surface area contributed by atoms with E-state index in [9.17, 15) is 16.8 Å². The Morgan fingerprint density at radius 1 is 0.900 bits per heavy atom. The standard InChI is InChI=1S/C10H9NO6S2.Na/c11-10-8-3-2-7(18(12,13)14)5-6(8)1-4-9(10)19(15,16)17;/h1-5H,11H2,(H,12,13,14)(H,15,16,17);/q;+1. The maximum atomic E-state index is 11.1. The molecule has 7 nitrogen and oxygen atoms in total. The molecule has 20 heavy (non-hydrogen) atoms. The Balaban J connectivity index is 0.00000200. The predicted octanol–water partition coefficient (Wildman–Crippen LogP) is -2.08. The van der Waals surface area contributed by atoms with E-state index in [1.807, 2.05) is 0 Å². The molecule has 2 aromatic rings. The molecule has 0 saturated heterocycles. The van der Waals surface area contributed by atoms with Crippen molar-refractivity contribution in [2.24, 2.45) is 0 Å². The van der Waals surface area contributed by atoms with Crippen LogP contribution in [-0.4, -0.2) is 25.9 Å². The number of rotatable bonds is 2. The Morgan fingerprint density at radius 2 is 1.50 bits per heavy atom. The Labute approximate surface area is 137 Å². The van der Waals surface area contributed by atoms with Crippen molar-refractivity contribution in [3.8, 4) is 0 Å². The summed E-state index contributed by atoms with van der Waals surface area (Å²) in [6.45, 7) is 0. The summed E-state index contributed by atoms with van der Waals surface area (Å²) in [7, 11) is -8.81. The fourth-order valence-corrected chi connectivity index (χ4v) is 2.84. The van der Waals surface area contributed by atoms with Gasteiger partial charge in [0.1, 0.15) is 4.90 Å². The van der Waals surface area contributed by atoms with E-state index in [1.165, 1.54) is 12.1 Å². The Bertz CT molecular complexity index is 876. The maximum Gasteiger partial charge on any atom is 1.00 e. The van der Waals surface area contributed by atoms with Crippen LogP contribution in [0.3, 0.4) is 0 Å². The van der Waals surface area contributed by atoms with Crippen molar-refractivity contribution in [3.05, 3.63) is 30.3 Å². The molecule has 0 heterocycles. The van der Waals surface area contributed by atoms with Gasteiger partial charge in [0.15, 0.2) is 0 Å². The molecule has 2 aromatic carbocycles. The molecule has 0 saturated carbocycles. The third-order valence-electron chi connectivity index (χ3n) is 2.57. The molecule has 0 spiro atoms. The zero-order valence-electron chi connectivity index (χ0n) is 10.3. The first kappa shape index (κ1) is 17.4. The summed E-state index contributed by atoms with van der Waals surface area (Å²) in [5.41, 5.74) is 5.42. The molecular formula is C10H9NNaO6S2+. The van der Waals surface area contributed by atoms with E-state index in [0.29, 0.717) is 5.39 Å². The molecule has 0 fully saturated rings. The second-order valence-electron chi connectivity index (χ2n) is 3.81. The minimum absolute atomic E-state index is 0. The summed E-state index contributed by atoms with van der Waals surface area (Å²) >= 11 is 0. The van der Waals surface area contributed by atoms with Crippen molar-refractivity contribution >= 4 is 36.7 Å². The van der Waals surface area contributed by atoms with E-state index in [1.54, 1.807) is 0 Å². The van der Waals surface area contributed by atoms with Crippen molar-refractivity contribution in [2.45, 2.75) is 9.79 Å². The number of anilines is 1. The van der Waals surface area contributed by atoms with Gasteiger partial charge in [0.2, 0.25) is 0 Å². The first-order valence-corrected chi connectivity index (χ1v) is 7.76. The Hall–Kier alpha value is -0.680. The summed E-state index contributed by atoms with van der Waals surface area (Å²) in [5.74, 6) is 0. The Morgan fingerprint density at radius 3 is 2.00 bits per heavy atom. The number of benzene rings is 2. The summed E-state index contributed by atoms with van der Waals surface area (Å²) in [6.07, 6.45) is 0. The van der Waals surface area contributed by atoms with Gasteiger partial charge in [0.05, 0.1) is 10.6 Å². The van der Waals surface area contributed by atoms with Gasteiger partial charge >= 0.3 is 29.6 Å². The Kier molecular flexibility index (Phi) is 4.87. The smallest absolute Gasteiger partial charge is 0.397 e. The van der Waals surface area contributed by atoms with Crippen LogP contribution in [0.25, 0.3) is 10.8 Å². The molecule has 0 amide bonds. The van der Waals surface area contributed by atoms with E-state index < -0.39 is 25.1 Å². The van der Waals surface area contributed by atoms with Crippen LogP contribution < -0.4 is 35.3 Å². The summed E-state index contributed by atoms with van der Waals surface area (Å²) < 4.78 is 62.0. The normalized spacial score (nSPS) is 12.1. The van der Waals surface area contributed by atoms with Crippen LogP contribution in [0, 0.1) is 0 Å². The molecule has 0 bridgehead atoms. The minimum atomic E-state index is -4.46. The zero-order chi connectivity index (χ0) is 14.4. The molecular weight excluding hydrogens is 317 g/mol. The molecule has 10 heteroatoms. The van der Waals surface area contributed by atoms with Gasteiger partial charge in [-0.1, -0.05) is 12.1 Å². The van der Waals surface area contributed by atoms with Crippen LogP contribution in [0.1, 0.15) is 0 Å². The van der Waals surface area contributed by atoms with Gasteiger partial charge in [0, 0.05) is 5.39 Å². The number of hydrogen-bond donors (Lipinski definition) is 3. The summed E-state index contributed by atoms with van der Waals surface area (Å²) in [4.78, 5) is -0.793. The monoisotopic (exact) mass is 326 g/mol. The largest absolute Gasteiger partial charge is 1.00 e. The van der Waals surface area contributed by atoms with Crippen LogP contribution in [0.15, 0.2) is 40.1 Å². The van der Waals surface area contributed by atoms with Crippen molar-refractivity contribution in [1.82, 2.24) is 0 Å². The summed E-state index contributed by atoms with van der Waals surface area (Å²) in [6, 6.07) is 5.82. The van der Waals surface area contributed by atoms with Crippen molar-refractivity contribution in [2.75, 3.05) is 5.73 Å². The molecule has 0 aliphatic heterocycles. The van der Waals surface area contributed by atoms with Gasteiger partial charge in [-0.2, -0.15) is 16.8 Å². The average molecular weight is 326 g/mol. The number of hydrogen-bond acceptors (Lipinski definition) is 5. The zero-order valence-corrected chi connectivity index (χ0v) is 13.9. The van der Waals surface area contributed by atoms with Gasteiger partial charge in [-0.25, -0.2) is 0 Å². The number of fused-ring (bicyclic) bond motifs is 1. The first-order chi connectivity index (χ1) is 8.60. The molecule has 0 atom stereocenters. The predicted molar refractivity (Wildman–Crippen MR) is 68.0 cm³/mol. The van der Waals surface area contributed by atoms with E-state index >= 15 is 0 Å². The second-order valence-corrected chi connectivity index (χ2v) is 6.62. The number of nitrogen functional groups attached to an aromatic ring is 1. The van der Waals surface area contributed by atoms with E-state index in [2.05, 4.69) is 0 Å². The van der Waals surface area contributed by atoms with Gasteiger partial charge in [-0.15, -0.1) is 0 Å². The van der Waals surface area contributed by atoms with E-state index in [-0.39, 0.29) is 45.5 Å². The minimum Gasteiger partial charge on any atom is -0.397 e. The maximum absolute atomic E-state index is 11.1. The summed E-state index contributed by atoms with van der Waals surface area (Å²) in [5, 5.41) is 0.572. The molecule has 4 N–H and O–H groups in total. The fourth-order valence-electron chi connectivity index (χ4n) is 1.70. The molecule has 102 valence electrons. The second kappa shape index (κ2) is 5.60. The van der Waals surface area contributed by atoms with Crippen LogP contribution in [-0.2, 0) is 20.2 Å². The molecule has 0 aliphatic rings. The van der Waals surface area contributed by atoms with Gasteiger partial charge in [-0.05, 0) is 23.6 Å². The van der Waals surface area contributed by atoms with Crippen molar-refractivity contribution < 1.29 is 55.5 Å². The van der Waals surface area contributed by atoms with Crippen molar-refractivity contribution in [1.29, 1.82) is 0 Å². The van der Waals surface area contributed by atoms with Gasteiger partial charge in [-0.3, -0.25) is 9.11 Å². The molecule has 0 aromatic heterocycles. The van der Waals surface area contributed by atoms with Gasteiger partial charge in [0.25, 0.3) is 20.2 Å². The third-order valence-corrected chi connectivity index (χ3v) is 4.33. The molecule has 2 rings (SSSR count). The van der Waals surface area contributed by atoms with Crippen molar-refractivity contribution in [3.63, 3.8) is 0 Å². The van der Waals surface area contributed by atoms with Crippen LogP contribution in [0.2, 0.25) is 0 Å². The number of nitrogens with two attached hydrogens (primary N) is 1. The topological polar surface area (TPSA) is 135 Å². The third kappa shape index (κ3) is 3.31. The van der Waals surface area contributed by atoms with Crippen LogP contribution in [0.4, 0.5) is 5.69 Å². The molecule has 0 radical (unpaired) electrons. The molecule has 0 aliphatic carbocycles. The SMILES string of the molecule is Nc1c(S(=O)(=O)O)ccc2cc(S(=O)(=O)O)ccc12.[Na+]. The van der Waals surface area contributed by atoms with Crippen LogP contribution >= 0.6 is 0 Å². The fraction of sp³-hybridized carbons (Fsp3) is 0. The van der Waals surface area contributed by atoms with E-state index in [0.717, 1.165) is 18.2 Å². The van der Waals surface area contributed by atoms with Gasteiger partial charge < -0.3 is 5.73 Å². The van der Waals surface area contributed by atoms with Crippen LogP contribution in [0.5, 0.6) is 0 Å². The molecule has 0 unspecified atom stereocenters. The average Bonchev–Trinajstić information content (AvgIpc) is 2.26.